The number of thioether (sulfide) groups is 1. The lowest BCUT2D eigenvalue weighted by Crippen LogP contribution is -2.15. The number of carbonyl (C=O) groups is 1. The van der Waals surface area contributed by atoms with Gasteiger partial charge in [0.05, 0.1) is 15.7 Å². The smallest absolute Gasteiger partial charge is 0.269 e. The Kier molecular flexibility index (Phi) is 6.91. The Morgan fingerprint density at radius 2 is 2.07 bits per heavy atom. The molecule has 0 radical (unpaired) electrons. The second-order valence-corrected chi connectivity index (χ2v) is 7.62. The monoisotopic (exact) mass is 447 g/mol. The van der Waals surface area contributed by atoms with E-state index < -0.39 is 4.92 Å². The molecule has 0 fully saturated rings. The number of aromatic nitrogens is 3. The molecular weight excluding hydrogens is 430 g/mol. The summed E-state index contributed by atoms with van der Waals surface area (Å²) in [4.78, 5) is 22.6. The molecule has 0 spiro atoms. The summed E-state index contributed by atoms with van der Waals surface area (Å²) in [5, 5.41) is 22.8. The van der Waals surface area contributed by atoms with E-state index in [0.29, 0.717) is 33.0 Å². The SMILES string of the molecule is Cc1cc([N+](=O)[O-])ccc1NC(=O)CSc1nnc(COc2ccccc2Cl)n1C. The second kappa shape index (κ2) is 9.59. The van der Waals surface area contributed by atoms with Gasteiger partial charge < -0.3 is 14.6 Å². The van der Waals surface area contributed by atoms with Crippen LogP contribution in [-0.2, 0) is 18.4 Å². The topological polar surface area (TPSA) is 112 Å². The summed E-state index contributed by atoms with van der Waals surface area (Å²) in [5.41, 5.74) is 1.11. The van der Waals surface area contributed by atoms with Gasteiger partial charge in [-0.2, -0.15) is 0 Å². The molecule has 0 bridgehead atoms. The molecule has 0 atom stereocenters. The highest BCUT2D eigenvalue weighted by atomic mass is 35.5. The van der Waals surface area contributed by atoms with Gasteiger partial charge in [-0.15, -0.1) is 10.2 Å². The van der Waals surface area contributed by atoms with Gasteiger partial charge in [-0.3, -0.25) is 14.9 Å². The zero-order valence-electron chi connectivity index (χ0n) is 16.2. The summed E-state index contributed by atoms with van der Waals surface area (Å²) >= 11 is 7.29. The third-order valence-corrected chi connectivity index (χ3v) is 5.48. The van der Waals surface area contributed by atoms with Crippen LogP contribution in [0, 0.1) is 17.0 Å². The summed E-state index contributed by atoms with van der Waals surface area (Å²) in [6, 6.07) is 11.4. The Morgan fingerprint density at radius 3 is 2.77 bits per heavy atom. The van der Waals surface area contributed by atoms with Gasteiger partial charge in [-0.05, 0) is 30.7 Å². The quantitative estimate of drug-likeness (QED) is 0.315. The van der Waals surface area contributed by atoms with Crippen LogP contribution in [0.15, 0.2) is 47.6 Å². The fourth-order valence-corrected chi connectivity index (χ4v) is 3.44. The van der Waals surface area contributed by atoms with Gasteiger partial charge in [0.1, 0.15) is 12.4 Å². The first-order valence-electron chi connectivity index (χ1n) is 8.78. The van der Waals surface area contributed by atoms with E-state index in [2.05, 4.69) is 15.5 Å². The van der Waals surface area contributed by atoms with Gasteiger partial charge in [-0.25, -0.2) is 0 Å². The molecule has 0 aliphatic carbocycles. The Bertz CT molecular complexity index is 1090. The minimum atomic E-state index is -0.477. The van der Waals surface area contributed by atoms with E-state index >= 15 is 0 Å². The van der Waals surface area contributed by atoms with E-state index in [1.54, 1.807) is 30.7 Å². The third kappa shape index (κ3) is 5.28. The minimum Gasteiger partial charge on any atom is -0.484 e. The zero-order valence-corrected chi connectivity index (χ0v) is 17.7. The van der Waals surface area contributed by atoms with E-state index in [0.717, 1.165) is 0 Å². The summed E-state index contributed by atoms with van der Waals surface area (Å²) in [7, 11) is 1.78. The highest BCUT2D eigenvalue weighted by Gasteiger charge is 2.14. The van der Waals surface area contributed by atoms with Crippen LogP contribution in [0.5, 0.6) is 5.75 Å². The minimum absolute atomic E-state index is 0.0227. The van der Waals surface area contributed by atoms with Gasteiger partial charge in [0, 0.05) is 24.9 Å². The first-order valence-corrected chi connectivity index (χ1v) is 10.1. The number of nitrogens with one attached hydrogen (secondary N) is 1. The molecule has 1 aromatic heterocycles. The lowest BCUT2D eigenvalue weighted by molar-refractivity contribution is -0.384. The van der Waals surface area contributed by atoms with Gasteiger partial charge in [0.2, 0.25) is 5.91 Å². The molecular formula is C19H18ClN5O4S. The number of hydrogen-bond donors (Lipinski definition) is 1. The number of para-hydroxylation sites is 1. The molecule has 3 aromatic rings. The van der Waals surface area contributed by atoms with Crippen molar-refractivity contribution in [1.29, 1.82) is 0 Å². The predicted octanol–water partition coefficient (Wildman–Crippen LogP) is 3.99. The van der Waals surface area contributed by atoms with Gasteiger partial charge >= 0.3 is 0 Å². The number of benzene rings is 2. The lowest BCUT2D eigenvalue weighted by atomic mass is 10.2. The van der Waals surface area contributed by atoms with Crippen molar-refractivity contribution in [3.05, 3.63) is 69.0 Å². The molecule has 1 N–H and O–H groups in total. The van der Waals surface area contributed by atoms with Crippen molar-refractivity contribution < 1.29 is 14.5 Å². The molecule has 156 valence electrons. The highest BCUT2D eigenvalue weighted by molar-refractivity contribution is 7.99. The molecule has 1 heterocycles. The fourth-order valence-electron chi connectivity index (χ4n) is 2.52. The summed E-state index contributed by atoms with van der Waals surface area (Å²) < 4.78 is 7.41. The number of nitro groups is 1. The van der Waals surface area contributed by atoms with Crippen LogP contribution in [0.25, 0.3) is 0 Å². The first kappa shape index (κ1) is 21.6. The van der Waals surface area contributed by atoms with Gasteiger partial charge in [0.15, 0.2) is 11.0 Å². The zero-order chi connectivity index (χ0) is 21.7. The Labute approximate surface area is 181 Å². The standard InChI is InChI=1S/C19H18ClN5O4S/c1-12-9-13(25(27)28)7-8-15(12)21-18(26)11-30-19-23-22-17(24(19)2)10-29-16-6-4-3-5-14(16)20/h3-9H,10-11H2,1-2H3,(H,21,26). The average molecular weight is 448 g/mol. The summed E-state index contributed by atoms with van der Waals surface area (Å²) in [6.07, 6.45) is 0. The van der Waals surface area contributed by atoms with Crippen molar-refractivity contribution in [2.45, 2.75) is 18.7 Å². The van der Waals surface area contributed by atoms with Crippen molar-refractivity contribution in [2.24, 2.45) is 7.05 Å². The van der Waals surface area contributed by atoms with Crippen LogP contribution in [0.3, 0.4) is 0 Å². The van der Waals surface area contributed by atoms with E-state index in [1.807, 2.05) is 12.1 Å². The number of rotatable bonds is 8. The molecule has 0 saturated carbocycles. The molecule has 11 heteroatoms. The van der Waals surface area contributed by atoms with E-state index in [1.165, 1.54) is 30.0 Å². The van der Waals surface area contributed by atoms with Gasteiger partial charge in [-0.1, -0.05) is 35.5 Å². The number of non-ortho nitro benzene ring substituents is 1. The lowest BCUT2D eigenvalue weighted by Gasteiger charge is -2.09. The van der Waals surface area contributed by atoms with E-state index in [4.69, 9.17) is 16.3 Å². The van der Waals surface area contributed by atoms with Crippen LogP contribution >= 0.6 is 23.4 Å². The van der Waals surface area contributed by atoms with Crippen molar-refractivity contribution in [3.8, 4) is 5.75 Å². The molecule has 2 aromatic carbocycles. The molecule has 1 amide bonds. The number of aryl methyl sites for hydroxylation is 1. The average Bonchev–Trinajstić information content (AvgIpc) is 3.07. The summed E-state index contributed by atoms with van der Waals surface area (Å²) in [6.45, 7) is 1.88. The van der Waals surface area contributed by atoms with Crippen LogP contribution < -0.4 is 10.1 Å². The normalized spacial score (nSPS) is 10.6. The Hall–Kier alpha value is -3.11. The number of nitrogens with zero attached hydrogens (tertiary/aromatic N) is 4. The molecule has 0 saturated heterocycles. The Balaban J connectivity index is 1.55. The largest absolute Gasteiger partial charge is 0.484 e. The van der Waals surface area contributed by atoms with Crippen molar-refractivity contribution >= 4 is 40.6 Å². The van der Waals surface area contributed by atoms with E-state index in [-0.39, 0.29) is 24.0 Å². The van der Waals surface area contributed by atoms with Crippen molar-refractivity contribution in [2.75, 3.05) is 11.1 Å². The van der Waals surface area contributed by atoms with Crippen molar-refractivity contribution in [3.63, 3.8) is 0 Å². The van der Waals surface area contributed by atoms with Crippen LogP contribution in [0.2, 0.25) is 5.02 Å². The molecule has 0 unspecified atom stereocenters. The number of halogens is 1. The molecule has 9 nitrogen and oxygen atoms in total. The van der Waals surface area contributed by atoms with Crippen LogP contribution in [0.4, 0.5) is 11.4 Å². The maximum absolute atomic E-state index is 12.3. The van der Waals surface area contributed by atoms with Crippen LogP contribution in [0.1, 0.15) is 11.4 Å². The van der Waals surface area contributed by atoms with Crippen LogP contribution in [-0.4, -0.2) is 31.3 Å². The molecule has 0 aliphatic rings. The van der Waals surface area contributed by atoms with Gasteiger partial charge in [0.25, 0.3) is 5.69 Å². The molecule has 30 heavy (non-hydrogen) atoms. The Morgan fingerprint density at radius 1 is 1.30 bits per heavy atom. The number of carbonyl (C=O) groups excluding carboxylic acids is 1. The first-order chi connectivity index (χ1) is 14.3. The number of nitro benzene ring substituents is 1. The maximum Gasteiger partial charge on any atom is 0.269 e. The number of hydrogen-bond acceptors (Lipinski definition) is 7. The fraction of sp³-hybridized carbons (Fsp3) is 0.211. The van der Waals surface area contributed by atoms with E-state index in [9.17, 15) is 14.9 Å². The molecule has 0 aliphatic heterocycles. The number of amides is 1. The number of ether oxygens (including phenoxy) is 1. The predicted molar refractivity (Wildman–Crippen MR) is 114 cm³/mol. The number of anilines is 1. The van der Waals surface area contributed by atoms with Crippen molar-refractivity contribution in [1.82, 2.24) is 14.8 Å². The maximum atomic E-state index is 12.3. The highest BCUT2D eigenvalue weighted by Crippen LogP contribution is 2.25. The molecule has 3 rings (SSSR count). The summed E-state index contributed by atoms with van der Waals surface area (Å²) in [5.74, 6) is 0.986. The second-order valence-electron chi connectivity index (χ2n) is 6.27. The third-order valence-electron chi connectivity index (χ3n) is 4.15.